The molecular formula is C21H26N6O2. The molecule has 0 aliphatic heterocycles. The molecule has 2 aromatic heterocycles. The molecule has 3 N–H and O–H groups in total. The molecule has 0 aliphatic carbocycles. The van der Waals surface area contributed by atoms with Crippen molar-refractivity contribution in [1.82, 2.24) is 25.1 Å². The van der Waals surface area contributed by atoms with Gasteiger partial charge in [-0.15, -0.1) is 0 Å². The van der Waals surface area contributed by atoms with Gasteiger partial charge in [0.05, 0.1) is 18.3 Å². The first-order chi connectivity index (χ1) is 13.9. The van der Waals surface area contributed by atoms with E-state index in [1.165, 1.54) is 4.68 Å². The lowest BCUT2D eigenvalue weighted by atomic mass is 10.1. The standard InChI is InChI=1S/C21H26N6O2/c1-13(2)18(12-28)24-20(29)19-11-17(26-27(19)4)16-8-9-22-21(25-16)23-15-7-5-6-14(3)10-15/h5-11,13,18,28H,12H2,1-4H3,(H,24,29)(H,22,23,25)/t18-/m1/s1. The zero-order valence-electron chi connectivity index (χ0n) is 17.0. The minimum Gasteiger partial charge on any atom is -0.394 e. The average molecular weight is 394 g/mol. The summed E-state index contributed by atoms with van der Waals surface area (Å²) in [6.07, 6.45) is 1.65. The van der Waals surface area contributed by atoms with E-state index in [2.05, 4.69) is 25.7 Å². The summed E-state index contributed by atoms with van der Waals surface area (Å²) in [4.78, 5) is 21.4. The summed E-state index contributed by atoms with van der Waals surface area (Å²) in [5.41, 5.74) is 3.59. The van der Waals surface area contributed by atoms with Crippen LogP contribution in [0.2, 0.25) is 0 Å². The van der Waals surface area contributed by atoms with Crippen LogP contribution in [0.15, 0.2) is 42.6 Å². The number of nitrogens with one attached hydrogen (secondary N) is 2. The molecule has 0 fully saturated rings. The maximum Gasteiger partial charge on any atom is 0.269 e. The Kier molecular flexibility index (Phi) is 6.23. The lowest BCUT2D eigenvalue weighted by Gasteiger charge is -2.19. The molecule has 29 heavy (non-hydrogen) atoms. The number of carbonyl (C=O) groups is 1. The number of rotatable bonds is 7. The summed E-state index contributed by atoms with van der Waals surface area (Å²) < 4.78 is 1.51. The van der Waals surface area contributed by atoms with Crippen LogP contribution in [0.3, 0.4) is 0 Å². The molecule has 1 aromatic carbocycles. The van der Waals surface area contributed by atoms with Crippen LogP contribution in [0.1, 0.15) is 29.9 Å². The third-order valence-corrected chi connectivity index (χ3v) is 4.62. The highest BCUT2D eigenvalue weighted by molar-refractivity contribution is 5.93. The predicted octanol–water partition coefficient (Wildman–Crippen LogP) is 2.68. The maximum absolute atomic E-state index is 12.6. The van der Waals surface area contributed by atoms with E-state index in [0.717, 1.165) is 11.3 Å². The van der Waals surface area contributed by atoms with E-state index < -0.39 is 0 Å². The molecule has 1 amide bonds. The minimum atomic E-state index is -0.315. The number of benzene rings is 1. The molecule has 152 valence electrons. The number of aliphatic hydroxyl groups is 1. The van der Waals surface area contributed by atoms with Gasteiger partial charge in [0, 0.05) is 18.9 Å². The number of hydrogen-bond donors (Lipinski definition) is 3. The first kappa shape index (κ1) is 20.5. The molecule has 0 saturated carbocycles. The number of aliphatic hydroxyl groups excluding tert-OH is 1. The van der Waals surface area contributed by atoms with Gasteiger partial charge < -0.3 is 15.7 Å². The number of carbonyl (C=O) groups excluding carboxylic acids is 1. The molecule has 0 saturated heterocycles. The number of amides is 1. The van der Waals surface area contributed by atoms with Crippen molar-refractivity contribution in [2.24, 2.45) is 13.0 Å². The van der Waals surface area contributed by atoms with Crippen molar-refractivity contribution in [3.05, 3.63) is 53.9 Å². The lowest BCUT2D eigenvalue weighted by molar-refractivity contribution is 0.0887. The van der Waals surface area contributed by atoms with Gasteiger partial charge in [-0.3, -0.25) is 9.48 Å². The van der Waals surface area contributed by atoms with Gasteiger partial charge in [0.2, 0.25) is 5.95 Å². The van der Waals surface area contributed by atoms with Crippen LogP contribution in [-0.2, 0) is 7.05 Å². The molecule has 8 nitrogen and oxygen atoms in total. The Bertz CT molecular complexity index is 998. The van der Waals surface area contributed by atoms with Gasteiger partial charge in [-0.2, -0.15) is 5.10 Å². The number of anilines is 2. The number of aryl methyl sites for hydroxylation is 2. The van der Waals surface area contributed by atoms with Crippen molar-refractivity contribution in [2.45, 2.75) is 26.8 Å². The van der Waals surface area contributed by atoms with Gasteiger partial charge in [0.25, 0.3) is 5.91 Å². The molecule has 3 aromatic rings. The Morgan fingerprint density at radius 2 is 2.00 bits per heavy atom. The molecule has 0 bridgehead atoms. The highest BCUT2D eigenvalue weighted by Crippen LogP contribution is 2.20. The summed E-state index contributed by atoms with van der Waals surface area (Å²) in [7, 11) is 1.70. The first-order valence-electron chi connectivity index (χ1n) is 9.50. The van der Waals surface area contributed by atoms with Crippen LogP contribution in [0, 0.1) is 12.8 Å². The third kappa shape index (κ3) is 4.97. The summed E-state index contributed by atoms with van der Waals surface area (Å²) in [6, 6.07) is 11.0. The molecule has 1 atom stereocenters. The molecule has 0 radical (unpaired) electrons. The Morgan fingerprint density at radius 3 is 2.69 bits per heavy atom. The van der Waals surface area contributed by atoms with Gasteiger partial charge in [0.15, 0.2) is 0 Å². The van der Waals surface area contributed by atoms with Crippen molar-refractivity contribution in [3.63, 3.8) is 0 Å². The first-order valence-corrected chi connectivity index (χ1v) is 9.50. The zero-order valence-corrected chi connectivity index (χ0v) is 17.0. The Hall–Kier alpha value is -3.26. The fraction of sp³-hybridized carbons (Fsp3) is 0.333. The van der Waals surface area contributed by atoms with Gasteiger partial charge >= 0.3 is 0 Å². The molecule has 0 aliphatic rings. The second kappa shape index (κ2) is 8.83. The quantitative estimate of drug-likeness (QED) is 0.569. The third-order valence-electron chi connectivity index (χ3n) is 4.62. The highest BCUT2D eigenvalue weighted by Gasteiger charge is 2.20. The molecule has 3 rings (SSSR count). The zero-order chi connectivity index (χ0) is 21.0. The van der Waals surface area contributed by atoms with E-state index in [1.807, 2.05) is 45.0 Å². The van der Waals surface area contributed by atoms with Crippen LogP contribution in [0.4, 0.5) is 11.6 Å². The second-order valence-electron chi connectivity index (χ2n) is 7.30. The SMILES string of the molecule is Cc1cccc(Nc2nccc(-c3cc(C(=O)N[C@H](CO)C(C)C)n(C)n3)n2)c1. The minimum absolute atomic E-state index is 0.117. The van der Waals surface area contributed by atoms with E-state index in [-0.39, 0.29) is 24.5 Å². The van der Waals surface area contributed by atoms with E-state index in [1.54, 1.807) is 25.4 Å². The highest BCUT2D eigenvalue weighted by atomic mass is 16.3. The van der Waals surface area contributed by atoms with Crippen LogP contribution >= 0.6 is 0 Å². The van der Waals surface area contributed by atoms with Crippen LogP contribution in [0.5, 0.6) is 0 Å². The molecule has 2 heterocycles. The molecular weight excluding hydrogens is 368 g/mol. The fourth-order valence-electron chi connectivity index (χ4n) is 2.88. The fourth-order valence-corrected chi connectivity index (χ4v) is 2.88. The molecule has 8 heteroatoms. The van der Waals surface area contributed by atoms with Crippen molar-refractivity contribution in [2.75, 3.05) is 11.9 Å². The van der Waals surface area contributed by atoms with E-state index in [0.29, 0.717) is 23.0 Å². The predicted molar refractivity (Wildman–Crippen MR) is 112 cm³/mol. The van der Waals surface area contributed by atoms with Crippen molar-refractivity contribution < 1.29 is 9.90 Å². The summed E-state index contributed by atoms with van der Waals surface area (Å²) in [5.74, 6) is 0.282. The lowest BCUT2D eigenvalue weighted by Crippen LogP contribution is -2.41. The summed E-state index contributed by atoms with van der Waals surface area (Å²) in [5, 5.41) is 19.9. The Labute approximate surface area is 170 Å². The van der Waals surface area contributed by atoms with E-state index in [9.17, 15) is 9.90 Å². The smallest absolute Gasteiger partial charge is 0.269 e. The Balaban J connectivity index is 1.81. The number of aromatic nitrogens is 4. The second-order valence-corrected chi connectivity index (χ2v) is 7.30. The van der Waals surface area contributed by atoms with Crippen LogP contribution in [-0.4, -0.2) is 43.4 Å². The summed E-state index contributed by atoms with van der Waals surface area (Å²) in [6.45, 7) is 5.79. The topological polar surface area (TPSA) is 105 Å². The largest absolute Gasteiger partial charge is 0.394 e. The Morgan fingerprint density at radius 1 is 1.21 bits per heavy atom. The van der Waals surface area contributed by atoms with E-state index in [4.69, 9.17) is 0 Å². The van der Waals surface area contributed by atoms with Crippen molar-refractivity contribution >= 4 is 17.5 Å². The van der Waals surface area contributed by atoms with Gasteiger partial charge in [-0.05, 0) is 42.7 Å². The van der Waals surface area contributed by atoms with Crippen LogP contribution in [0.25, 0.3) is 11.4 Å². The summed E-state index contributed by atoms with van der Waals surface area (Å²) >= 11 is 0. The van der Waals surface area contributed by atoms with Gasteiger partial charge in [-0.1, -0.05) is 26.0 Å². The number of nitrogens with zero attached hydrogens (tertiary/aromatic N) is 4. The molecule has 0 unspecified atom stereocenters. The van der Waals surface area contributed by atoms with Crippen molar-refractivity contribution in [3.8, 4) is 11.4 Å². The normalized spacial score (nSPS) is 12.1. The van der Waals surface area contributed by atoms with E-state index >= 15 is 0 Å². The van der Waals surface area contributed by atoms with Crippen molar-refractivity contribution in [1.29, 1.82) is 0 Å². The average Bonchev–Trinajstić information content (AvgIpc) is 3.08. The molecule has 0 spiro atoms. The number of hydrogen-bond acceptors (Lipinski definition) is 6. The monoisotopic (exact) mass is 394 g/mol. The van der Waals surface area contributed by atoms with Crippen LogP contribution < -0.4 is 10.6 Å². The van der Waals surface area contributed by atoms with Gasteiger partial charge in [0.1, 0.15) is 11.4 Å². The van der Waals surface area contributed by atoms with Gasteiger partial charge in [-0.25, -0.2) is 9.97 Å². The maximum atomic E-state index is 12.6.